The van der Waals surface area contributed by atoms with Crippen LogP contribution in [0.15, 0.2) is 11.6 Å². The molecule has 0 radical (unpaired) electrons. The van der Waals surface area contributed by atoms with Gasteiger partial charge in [-0.25, -0.2) is 4.98 Å². The van der Waals surface area contributed by atoms with Crippen molar-refractivity contribution < 1.29 is 9.53 Å². The van der Waals surface area contributed by atoms with Gasteiger partial charge in [0, 0.05) is 30.3 Å². The first-order valence-electron chi connectivity index (χ1n) is 7.90. The van der Waals surface area contributed by atoms with Gasteiger partial charge in [0.05, 0.1) is 24.5 Å². The van der Waals surface area contributed by atoms with Gasteiger partial charge in [-0.05, 0) is 19.3 Å². The fourth-order valence-corrected chi connectivity index (χ4v) is 3.70. The zero-order chi connectivity index (χ0) is 15.6. The zero-order valence-electron chi connectivity index (χ0n) is 12.7. The van der Waals surface area contributed by atoms with Crippen LogP contribution >= 0.6 is 11.3 Å². The van der Waals surface area contributed by atoms with Crippen LogP contribution in [0.4, 0.5) is 5.13 Å². The number of thiazole rings is 1. The molecular weight excluding hydrogens is 314 g/mol. The molecule has 4 rings (SSSR count). The first-order valence-corrected chi connectivity index (χ1v) is 8.78. The van der Waals surface area contributed by atoms with E-state index in [1.807, 2.05) is 10.3 Å². The Kier molecular flexibility index (Phi) is 4.00. The molecule has 0 aliphatic carbocycles. The molecule has 1 atom stereocenters. The molecular formula is C15H19N5O2S. The summed E-state index contributed by atoms with van der Waals surface area (Å²) in [5.74, 6) is 0.116. The van der Waals surface area contributed by atoms with Gasteiger partial charge in [0.25, 0.3) is 5.91 Å². The highest BCUT2D eigenvalue weighted by atomic mass is 32.1. The predicted octanol–water partition coefficient (Wildman–Crippen LogP) is 1.54. The lowest BCUT2D eigenvalue weighted by Crippen LogP contribution is -2.42. The predicted molar refractivity (Wildman–Crippen MR) is 86.1 cm³/mol. The number of nitrogens with zero attached hydrogens (tertiary/aromatic N) is 3. The van der Waals surface area contributed by atoms with Gasteiger partial charge in [0.15, 0.2) is 5.13 Å². The Labute approximate surface area is 138 Å². The third-order valence-electron chi connectivity index (χ3n) is 4.38. The minimum atomic E-state index is -0.245. The summed E-state index contributed by atoms with van der Waals surface area (Å²) in [6.45, 7) is 2.68. The third-order valence-corrected chi connectivity index (χ3v) is 5.11. The van der Waals surface area contributed by atoms with Crippen LogP contribution in [0, 0.1) is 0 Å². The summed E-state index contributed by atoms with van der Waals surface area (Å²) in [6, 6.07) is 0. The van der Waals surface area contributed by atoms with Crippen LogP contribution in [0.2, 0.25) is 0 Å². The largest absolute Gasteiger partial charge is 0.368 e. The number of carbonyl (C=O) groups excluding carboxylic acids is 1. The van der Waals surface area contributed by atoms with Crippen molar-refractivity contribution in [3.63, 3.8) is 0 Å². The van der Waals surface area contributed by atoms with E-state index in [0.29, 0.717) is 19.7 Å². The van der Waals surface area contributed by atoms with Crippen LogP contribution in [-0.4, -0.2) is 45.2 Å². The molecule has 0 saturated carbocycles. The average Bonchev–Trinajstić information content (AvgIpc) is 3.32. The molecule has 0 bridgehead atoms. The van der Waals surface area contributed by atoms with Crippen LogP contribution in [0.5, 0.6) is 0 Å². The van der Waals surface area contributed by atoms with E-state index >= 15 is 0 Å². The van der Waals surface area contributed by atoms with Gasteiger partial charge in [-0.3, -0.25) is 9.89 Å². The lowest BCUT2D eigenvalue weighted by Gasteiger charge is -2.28. The first kappa shape index (κ1) is 14.6. The quantitative estimate of drug-likeness (QED) is 0.887. The molecule has 2 aliphatic rings. The summed E-state index contributed by atoms with van der Waals surface area (Å²) in [7, 11) is 0. The Balaban J connectivity index is 1.41. The van der Waals surface area contributed by atoms with Crippen molar-refractivity contribution in [3.05, 3.63) is 28.5 Å². The van der Waals surface area contributed by atoms with Gasteiger partial charge in [0.2, 0.25) is 0 Å². The number of nitrogens with one attached hydrogen (secondary N) is 2. The molecule has 7 nitrogen and oxygen atoms in total. The lowest BCUT2D eigenvalue weighted by molar-refractivity contribution is -0.141. The van der Waals surface area contributed by atoms with Gasteiger partial charge in [0.1, 0.15) is 6.10 Å². The normalized spacial score (nSPS) is 20.5. The molecule has 1 saturated heterocycles. The molecule has 0 aromatic carbocycles. The van der Waals surface area contributed by atoms with Crippen molar-refractivity contribution in [2.24, 2.45) is 0 Å². The molecule has 0 spiro atoms. The van der Waals surface area contributed by atoms with E-state index in [4.69, 9.17) is 4.74 Å². The maximum absolute atomic E-state index is 12.4. The maximum atomic E-state index is 12.4. The van der Waals surface area contributed by atoms with Crippen LogP contribution in [0.1, 0.15) is 29.8 Å². The minimum Gasteiger partial charge on any atom is -0.368 e. The summed E-state index contributed by atoms with van der Waals surface area (Å²) in [5.41, 5.74) is 3.28. The van der Waals surface area contributed by atoms with E-state index in [2.05, 4.69) is 20.5 Å². The summed E-state index contributed by atoms with van der Waals surface area (Å²) in [5, 5.41) is 13.6. The molecule has 2 aliphatic heterocycles. The van der Waals surface area contributed by atoms with E-state index in [1.54, 1.807) is 17.5 Å². The van der Waals surface area contributed by atoms with Gasteiger partial charge in [-0.1, -0.05) is 0 Å². The molecule has 1 fully saturated rings. The van der Waals surface area contributed by atoms with Gasteiger partial charge in [-0.2, -0.15) is 5.10 Å². The Bertz CT molecular complexity index is 678. The van der Waals surface area contributed by atoms with E-state index in [-0.39, 0.29) is 12.0 Å². The Morgan fingerprint density at radius 2 is 2.52 bits per heavy atom. The molecule has 1 unspecified atom stereocenters. The molecule has 122 valence electrons. The van der Waals surface area contributed by atoms with Gasteiger partial charge in [-0.15, -0.1) is 11.3 Å². The molecule has 23 heavy (non-hydrogen) atoms. The van der Waals surface area contributed by atoms with Crippen LogP contribution in [-0.2, 0) is 29.0 Å². The fourth-order valence-electron chi connectivity index (χ4n) is 3.17. The zero-order valence-corrected chi connectivity index (χ0v) is 13.6. The highest BCUT2D eigenvalue weighted by Gasteiger charge is 2.31. The molecule has 8 heteroatoms. The van der Waals surface area contributed by atoms with Crippen molar-refractivity contribution in [1.29, 1.82) is 0 Å². The summed E-state index contributed by atoms with van der Waals surface area (Å²) in [6.07, 6.45) is 4.19. The van der Waals surface area contributed by atoms with Crippen LogP contribution < -0.4 is 5.32 Å². The van der Waals surface area contributed by atoms with Crippen LogP contribution in [0.3, 0.4) is 0 Å². The minimum absolute atomic E-state index is 0.116. The number of rotatable bonds is 4. The summed E-state index contributed by atoms with van der Waals surface area (Å²) >= 11 is 1.57. The van der Waals surface area contributed by atoms with E-state index in [0.717, 1.165) is 42.3 Å². The standard InChI is InChI=1S/C15H19N5O2S/c21-14(13-2-1-6-22-13)20-5-3-10-11(18-19-12(10)9-20)8-17-15-16-4-7-23-15/h4,7,13H,1-3,5-6,8-9H2,(H,16,17)(H,18,19). The Morgan fingerprint density at radius 3 is 3.30 bits per heavy atom. The van der Waals surface area contributed by atoms with Gasteiger partial charge < -0.3 is 15.0 Å². The second kappa shape index (κ2) is 6.29. The highest BCUT2D eigenvalue weighted by Crippen LogP contribution is 2.24. The molecule has 1 amide bonds. The molecule has 4 heterocycles. The van der Waals surface area contributed by atoms with Crippen molar-refractivity contribution in [1.82, 2.24) is 20.1 Å². The number of aromatic amines is 1. The number of fused-ring (bicyclic) bond motifs is 1. The first-order chi connectivity index (χ1) is 11.3. The number of ether oxygens (including phenoxy) is 1. The van der Waals surface area contributed by atoms with Crippen molar-refractivity contribution in [2.75, 3.05) is 18.5 Å². The number of H-pyrrole nitrogens is 1. The molecule has 2 aromatic rings. The Hall–Kier alpha value is -1.93. The summed E-state index contributed by atoms with van der Waals surface area (Å²) in [4.78, 5) is 18.5. The highest BCUT2D eigenvalue weighted by molar-refractivity contribution is 7.13. The van der Waals surface area contributed by atoms with E-state index in [9.17, 15) is 4.79 Å². The summed E-state index contributed by atoms with van der Waals surface area (Å²) < 4.78 is 5.51. The topological polar surface area (TPSA) is 83.1 Å². The van der Waals surface area contributed by atoms with E-state index < -0.39 is 0 Å². The molecule has 2 N–H and O–H groups in total. The number of anilines is 1. The average molecular weight is 333 g/mol. The smallest absolute Gasteiger partial charge is 0.252 e. The van der Waals surface area contributed by atoms with Crippen molar-refractivity contribution in [2.45, 2.75) is 38.5 Å². The van der Waals surface area contributed by atoms with Crippen molar-refractivity contribution in [3.8, 4) is 0 Å². The monoisotopic (exact) mass is 333 g/mol. The number of hydrogen-bond donors (Lipinski definition) is 2. The maximum Gasteiger partial charge on any atom is 0.252 e. The van der Waals surface area contributed by atoms with Crippen molar-refractivity contribution >= 4 is 22.4 Å². The second-order valence-corrected chi connectivity index (χ2v) is 6.72. The molecule has 2 aromatic heterocycles. The number of hydrogen-bond acceptors (Lipinski definition) is 6. The number of carbonyl (C=O) groups is 1. The van der Waals surface area contributed by atoms with Gasteiger partial charge >= 0.3 is 0 Å². The second-order valence-electron chi connectivity index (χ2n) is 5.83. The lowest BCUT2D eigenvalue weighted by atomic mass is 10.0. The number of amides is 1. The number of aromatic nitrogens is 3. The fraction of sp³-hybridized carbons (Fsp3) is 0.533. The van der Waals surface area contributed by atoms with E-state index in [1.165, 1.54) is 5.56 Å². The SMILES string of the molecule is O=C(C1CCCO1)N1CCc2c(CNc3nccs3)n[nH]c2C1. The third kappa shape index (κ3) is 2.96. The van der Waals surface area contributed by atoms with Crippen LogP contribution in [0.25, 0.3) is 0 Å². The Morgan fingerprint density at radius 1 is 1.57 bits per heavy atom.